The van der Waals surface area contributed by atoms with Gasteiger partial charge in [0, 0.05) is 29.2 Å². The van der Waals surface area contributed by atoms with E-state index in [-0.39, 0.29) is 37.2 Å². The molecule has 0 spiro atoms. The molecular formula is C20H18ClF3N4O4. The van der Waals surface area contributed by atoms with Crippen LogP contribution in [0.2, 0.25) is 5.02 Å². The molecule has 2 aromatic carbocycles. The molecule has 170 valence electrons. The zero-order chi connectivity index (χ0) is 23.1. The third-order valence-corrected chi connectivity index (χ3v) is 4.37. The minimum Gasteiger partial charge on any atom is -0.418 e. The number of carbonyl (C=O) groups is 1. The summed E-state index contributed by atoms with van der Waals surface area (Å²) >= 11 is 5.84. The van der Waals surface area contributed by atoms with Gasteiger partial charge in [-0.3, -0.25) is 4.79 Å². The van der Waals surface area contributed by atoms with E-state index in [0.29, 0.717) is 16.1 Å². The minimum atomic E-state index is -4.80. The van der Waals surface area contributed by atoms with E-state index < -0.39 is 18.3 Å². The molecule has 1 amide bonds. The smallest absolute Gasteiger partial charge is 0.418 e. The largest absolute Gasteiger partial charge is 0.573 e. The van der Waals surface area contributed by atoms with E-state index in [9.17, 15) is 18.0 Å². The normalized spacial score (nSPS) is 12.4. The van der Waals surface area contributed by atoms with Gasteiger partial charge in [0.1, 0.15) is 11.8 Å². The number of carbonyl (C=O) groups excluding carboxylic acids is 1. The Kier molecular flexibility index (Phi) is 7.67. The van der Waals surface area contributed by atoms with Crippen molar-refractivity contribution in [1.29, 1.82) is 0 Å². The number of hydrogen-bond acceptors (Lipinski definition) is 7. The third-order valence-electron chi connectivity index (χ3n) is 4.12. The number of benzene rings is 2. The monoisotopic (exact) mass is 470 g/mol. The molecule has 1 unspecified atom stereocenters. The fourth-order valence-electron chi connectivity index (χ4n) is 2.66. The van der Waals surface area contributed by atoms with Crippen LogP contribution in [0.25, 0.3) is 11.5 Å². The Labute approximate surface area is 185 Å². The minimum absolute atomic E-state index is 0.0476. The van der Waals surface area contributed by atoms with Crippen molar-refractivity contribution in [1.82, 2.24) is 20.8 Å². The van der Waals surface area contributed by atoms with Crippen LogP contribution in [0, 0.1) is 0 Å². The molecule has 32 heavy (non-hydrogen) atoms. The van der Waals surface area contributed by atoms with E-state index in [0.717, 1.165) is 12.1 Å². The summed E-state index contributed by atoms with van der Waals surface area (Å²) in [6, 6.07) is 10.4. The maximum absolute atomic E-state index is 12.6. The summed E-state index contributed by atoms with van der Waals surface area (Å²) in [4.78, 5) is 12.6. The first kappa shape index (κ1) is 23.5. The summed E-state index contributed by atoms with van der Waals surface area (Å²) in [7, 11) is 0. The number of hydrogen-bond donors (Lipinski definition) is 3. The second-order valence-corrected chi connectivity index (χ2v) is 6.91. The zero-order valence-electron chi connectivity index (χ0n) is 16.4. The van der Waals surface area contributed by atoms with Crippen LogP contribution in [0.15, 0.2) is 52.9 Å². The molecule has 0 saturated carbocycles. The van der Waals surface area contributed by atoms with E-state index >= 15 is 0 Å². The topological polar surface area (TPSA) is 110 Å². The SMILES string of the molecule is O=C(NC(CNCCO)c1nnc(-c2ccc(OC(F)(F)F)cc2)o1)c1ccc(Cl)cc1. The summed E-state index contributed by atoms with van der Waals surface area (Å²) in [5, 5.41) is 23.0. The molecule has 0 aliphatic heterocycles. The van der Waals surface area contributed by atoms with Gasteiger partial charge in [0.2, 0.25) is 11.8 Å². The van der Waals surface area contributed by atoms with Crippen molar-refractivity contribution in [3.8, 4) is 17.2 Å². The number of rotatable bonds is 9. The maximum atomic E-state index is 12.6. The van der Waals surface area contributed by atoms with Gasteiger partial charge in [-0.05, 0) is 48.5 Å². The van der Waals surface area contributed by atoms with Gasteiger partial charge in [-0.1, -0.05) is 11.6 Å². The molecule has 3 aromatic rings. The zero-order valence-corrected chi connectivity index (χ0v) is 17.2. The number of ether oxygens (including phenoxy) is 1. The Morgan fingerprint density at radius 2 is 1.81 bits per heavy atom. The summed E-state index contributed by atoms with van der Waals surface area (Å²) in [5.74, 6) is -0.678. The predicted molar refractivity (Wildman–Crippen MR) is 108 cm³/mol. The van der Waals surface area contributed by atoms with Gasteiger partial charge in [0.15, 0.2) is 0 Å². The summed E-state index contributed by atoms with van der Waals surface area (Å²) < 4.78 is 46.4. The average Bonchev–Trinajstić information content (AvgIpc) is 3.23. The van der Waals surface area contributed by atoms with Gasteiger partial charge >= 0.3 is 6.36 Å². The fraction of sp³-hybridized carbons (Fsp3) is 0.250. The quantitative estimate of drug-likeness (QED) is 0.411. The Morgan fingerprint density at radius 1 is 1.12 bits per heavy atom. The van der Waals surface area contributed by atoms with Crippen molar-refractivity contribution in [3.05, 3.63) is 65.0 Å². The molecule has 0 bridgehead atoms. The van der Waals surface area contributed by atoms with Crippen molar-refractivity contribution in [2.45, 2.75) is 12.4 Å². The molecule has 0 aliphatic rings. The van der Waals surface area contributed by atoms with Crippen molar-refractivity contribution in [3.63, 3.8) is 0 Å². The van der Waals surface area contributed by atoms with Gasteiger partial charge in [0.05, 0.1) is 6.61 Å². The predicted octanol–water partition coefficient (Wildman–Crippen LogP) is 3.34. The van der Waals surface area contributed by atoms with Crippen LogP contribution in [0.4, 0.5) is 13.2 Å². The third kappa shape index (κ3) is 6.67. The number of aromatic nitrogens is 2. The highest BCUT2D eigenvalue weighted by Gasteiger charge is 2.31. The van der Waals surface area contributed by atoms with Gasteiger partial charge in [-0.25, -0.2) is 0 Å². The Bertz CT molecular complexity index is 1030. The molecule has 3 rings (SSSR count). The summed E-state index contributed by atoms with van der Waals surface area (Å²) in [5.41, 5.74) is 0.728. The average molecular weight is 471 g/mol. The van der Waals surface area contributed by atoms with E-state index in [2.05, 4.69) is 25.6 Å². The molecule has 3 N–H and O–H groups in total. The number of nitrogens with zero attached hydrogens (tertiary/aromatic N) is 2. The molecule has 0 fully saturated rings. The lowest BCUT2D eigenvalue weighted by molar-refractivity contribution is -0.274. The molecule has 0 saturated heterocycles. The van der Waals surface area contributed by atoms with Gasteiger partial charge in [-0.2, -0.15) is 0 Å². The highest BCUT2D eigenvalue weighted by Crippen LogP contribution is 2.27. The number of aliphatic hydroxyl groups excluding tert-OH is 1. The summed E-state index contributed by atoms with van der Waals surface area (Å²) in [6.45, 7) is 0.341. The lowest BCUT2D eigenvalue weighted by atomic mass is 10.2. The lowest BCUT2D eigenvalue weighted by Crippen LogP contribution is -2.36. The van der Waals surface area contributed by atoms with E-state index in [1.54, 1.807) is 24.3 Å². The number of halogens is 4. The van der Waals surface area contributed by atoms with Crippen LogP contribution in [-0.4, -0.2) is 47.3 Å². The van der Waals surface area contributed by atoms with E-state index in [1.165, 1.54) is 12.1 Å². The molecule has 12 heteroatoms. The molecule has 1 heterocycles. The van der Waals surface area contributed by atoms with Crippen LogP contribution in [0.1, 0.15) is 22.3 Å². The molecule has 1 atom stereocenters. The summed E-state index contributed by atoms with van der Waals surface area (Å²) in [6.07, 6.45) is -4.80. The maximum Gasteiger partial charge on any atom is 0.573 e. The van der Waals surface area contributed by atoms with Crippen molar-refractivity contribution >= 4 is 17.5 Å². The Morgan fingerprint density at radius 3 is 2.44 bits per heavy atom. The van der Waals surface area contributed by atoms with Crippen LogP contribution < -0.4 is 15.4 Å². The van der Waals surface area contributed by atoms with E-state index in [4.69, 9.17) is 21.1 Å². The molecule has 0 radical (unpaired) electrons. The van der Waals surface area contributed by atoms with Crippen LogP contribution in [0.5, 0.6) is 5.75 Å². The number of aliphatic hydroxyl groups is 1. The second-order valence-electron chi connectivity index (χ2n) is 6.48. The van der Waals surface area contributed by atoms with Crippen LogP contribution in [-0.2, 0) is 0 Å². The van der Waals surface area contributed by atoms with Crippen LogP contribution in [0.3, 0.4) is 0 Å². The first-order chi connectivity index (χ1) is 15.2. The van der Waals surface area contributed by atoms with Gasteiger partial charge < -0.3 is 24.9 Å². The number of amides is 1. The fourth-order valence-corrected chi connectivity index (χ4v) is 2.79. The first-order valence-electron chi connectivity index (χ1n) is 9.33. The second kappa shape index (κ2) is 10.4. The first-order valence-corrected chi connectivity index (χ1v) is 9.70. The van der Waals surface area contributed by atoms with Crippen molar-refractivity contribution in [2.75, 3.05) is 19.7 Å². The molecule has 8 nitrogen and oxygen atoms in total. The molecule has 1 aromatic heterocycles. The van der Waals surface area contributed by atoms with Gasteiger partial charge in [0.25, 0.3) is 5.91 Å². The Balaban J connectivity index is 1.75. The van der Waals surface area contributed by atoms with E-state index in [1.807, 2.05) is 0 Å². The van der Waals surface area contributed by atoms with Crippen LogP contribution >= 0.6 is 11.6 Å². The lowest BCUT2D eigenvalue weighted by Gasteiger charge is -2.16. The van der Waals surface area contributed by atoms with Crippen molar-refractivity contribution < 1.29 is 32.2 Å². The molecular weight excluding hydrogens is 453 g/mol. The number of nitrogens with one attached hydrogen (secondary N) is 2. The highest BCUT2D eigenvalue weighted by atomic mass is 35.5. The Hall–Kier alpha value is -3.15. The molecule has 0 aliphatic carbocycles. The van der Waals surface area contributed by atoms with Crippen molar-refractivity contribution in [2.24, 2.45) is 0 Å². The highest BCUT2D eigenvalue weighted by molar-refractivity contribution is 6.30. The van der Waals surface area contributed by atoms with Gasteiger partial charge in [-0.15, -0.1) is 23.4 Å². The number of alkyl halides is 3. The standard InChI is InChI=1S/C20H18ClF3N4O4/c21-14-5-1-12(2-6-14)17(30)26-16(11-25-9-10-29)19-28-27-18(31-19)13-3-7-15(8-4-13)32-20(22,23)24/h1-8,16,25,29H,9-11H2,(H,26,30).